The molecular formula is C38H25N3. The maximum atomic E-state index is 3.81. The Kier molecular flexibility index (Phi) is 3.55. The van der Waals surface area contributed by atoms with Crippen LogP contribution < -0.4 is 0 Å². The number of allylic oxidation sites excluding steroid dienone is 1. The van der Waals surface area contributed by atoms with E-state index in [1.807, 2.05) is 0 Å². The molecule has 0 amide bonds. The van der Waals surface area contributed by atoms with Crippen LogP contribution in [0.2, 0.25) is 0 Å². The van der Waals surface area contributed by atoms with Crippen molar-refractivity contribution in [1.82, 2.24) is 15.0 Å². The van der Waals surface area contributed by atoms with Gasteiger partial charge in [-0.3, -0.25) is 0 Å². The van der Waals surface area contributed by atoms with Gasteiger partial charge in [0.1, 0.15) is 0 Å². The minimum Gasteiger partial charge on any atom is -0.358 e. The Morgan fingerprint density at radius 3 is 1.54 bits per heavy atom. The topological polar surface area (TPSA) is 47.4 Å². The molecule has 0 saturated heterocycles. The van der Waals surface area contributed by atoms with Crippen LogP contribution in [0.3, 0.4) is 0 Å². The summed E-state index contributed by atoms with van der Waals surface area (Å²) in [7, 11) is 0. The van der Waals surface area contributed by atoms with Crippen molar-refractivity contribution in [2.24, 2.45) is 0 Å². The fourth-order valence-corrected chi connectivity index (χ4v) is 8.54. The molecule has 0 spiro atoms. The number of aromatic amines is 3. The van der Waals surface area contributed by atoms with Crippen molar-refractivity contribution < 1.29 is 0 Å². The quantitative estimate of drug-likeness (QED) is 0.177. The Morgan fingerprint density at radius 2 is 0.951 bits per heavy atom. The van der Waals surface area contributed by atoms with E-state index >= 15 is 0 Å². The normalized spacial score (nSPS) is 18.4. The second kappa shape index (κ2) is 7.00. The number of nitrogens with one attached hydrogen (secondary N) is 3. The van der Waals surface area contributed by atoms with Crippen LogP contribution in [-0.2, 0) is 6.42 Å². The van der Waals surface area contributed by atoms with E-state index in [-0.39, 0.29) is 11.8 Å². The zero-order chi connectivity index (χ0) is 26.4. The van der Waals surface area contributed by atoms with E-state index in [2.05, 4.69) is 112 Å². The molecule has 0 saturated carbocycles. The number of benzene rings is 5. The van der Waals surface area contributed by atoms with Gasteiger partial charge in [-0.25, -0.2) is 0 Å². The van der Waals surface area contributed by atoms with Crippen molar-refractivity contribution in [1.29, 1.82) is 0 Å². The molecule has 0 atom stereocenters. The number of para-hydroxylation sites is 2. The highest BCUT2D eigenvalue weighted by atomic mass is 14.7. The van der Waals surface area contributed by atoms with Gasteiger partial charge in [-0.05, 0) is 94.8 Å². The monoisotopic (exact) mass is 523 g/mol. The van der Waals surface area contributed by atoms with Crippen LogP contribution in [0.25, 0.3) is 60.6 Å². The van der Waals surface area contributed by atoms with Crippen LogP contribution in [0.15, 0.2) is 91.0 Å². The number of H-pyrrole nitrogens is 3. The first kappa shape index (κ1) is 20.8. The second-order valence-electron chi connectivity index (χ2n) is 12.2. The molecule has 3 N–H and O–H groups in total. The van der Waals surface area contributed by atoms with Gasteiger partial charge in [0.25, 0.3) is 0 Å². The first-order chi connectivity index (χ1) is 20.3. The molecule has 3 heteroatoms. The van der Waals surface area contributed by atoms with E-state index in [0.29, 0.717) is 0 Å². The smallest absolute Gasteiger partial charge is 0.0468 e. The van der Waals surface area contributed by atoms with Crippen molar-refractivity contribution in [3.63, 3.8) is 0 Å². The molecule has 8 aromatic rings. The van der Waals surface area contributed by atoms with Crippen molar-refractivity contribution in [2.75, 3.05) is 0 Å². The number of aryl methyl sites for hydroxylation is 1. The summed E-state index contributed by atoms with van der Waals surface area (Å²) in [6.45, 7) is 0. The molecule has 41 heavy (non-hydrogen) atoms. The van der Waals surface area contributed by atoms with E-state index in [1.54, 1.807) is 0 Å². The maximum absolute atomic E-state index is 3.81. The van der Waals surface area contributed by atoms with Gasteiger partial charge in [-0.1, -0.05) is 48.6 Å². The zero-order valence-corrected chi connectivity index (χ0v) is 22.3. The average molecular weight is 524 g/mol. The van der Waals surface area contributed by atoms with Crippen LogP contribution in [-0.4, -0.2) is 15.0 Å². The molecule has 3 nitrogen and oxygen atoms in total. The predicted octanol–water partition coefficient (Wildman–Crippen LogP) is 9.38. The van der Waals surface area contributed by atoms with Gasteiger partial charge in [-0.15, -0.1) is 0 Å². The average Bonchev–Trinajstić information content (AvgIpc) is 3.68. The summed E-state index contributed by atoms with van der Waals surface area (Å²) in [5.74, 6) is 0.408. The molecule has 0 unspecified atom stereocenters. The third kappa shape index (κ3) is 2.48. The fraction of sp³-hybridized carbons (Fsp3) is 0.105. The lowest BCUT2D eigenvalue weighted by atomic mass is 9.60. The van der Waals surface area contributed by atoms with Gasteiger partial charge < -0.3 is 15.0 Å². The Bertz CT molecular complexity index is 2370. The van der Waals surface area contributed by atoms with Crippen LogP contribution in [0.4, 0.5) is 0 Å². The lowest BCUT2D eigenvalue weighted by Gasteiger charge is -2.42. The van der Waals surface area contributed by atoms with E-state index < -0.39 is 0 Å². The van der Waals surface area contributed by atoms with Crippen LogP contribution in [0, 0.1) is 0 Å². The maximum Gasteiger partial charge on any atom is 0.0468 e. The first-order valence-corrected chi connectivity index (χ1v) is 14.7. The summed E-state index contributed by atoms with van der Waals surface area (Å²) in [4.78, 5) is 11.3. The molecule has 2 bridgehead atoms. The number of aromatic nitrogens is 3. The van der Waals surface area contributed by atoms with Crippen molar-refractivity contribution in [2.45, 2.75) is 24.7 Å². The standard InChI is InChI=1S/C38H25N3/c1-4-10-31-19(7-1)22-13-25-29(17-35(22)40-31)38-27-15-24-21-9-3-6-12-33(21)39-34(24)16-28(27)37(25)26-14-23-20-8-2-5-11-32(20)41-36(23)18-30(26)38/h1-5,7-11,13-18,37-41H,6,12H2. The van der Waals surface area contributed by atoms with E-state index in [1.165, 1.54) is 99.2 Å². The second-order valence-corrected chi connectivity index (χ2v) is 12.2. The third-order valence-corrected chi connectivity index (χ3v) is 10.3. The van der Waals surface area contributed by atoms with E-state index in [0.717, 1.165) is 12.8 Å². The van der Waals surface area contributed by atoms with Gasteiger partial charge >= 0.3 is 0 Å². The van der Waals surface area contributed by atoms with Crippen molar-refractivity contribution in [3.05, 3.63) is 136 Å². The number of hydrogen-bond donors (Lipinski definition) is 3. The van der Waals surface area contributed by atoms with Crippen LogP contribution >= 0.6 is 0 Å². The molecule has 0 fully saturated rings. The van der Waals surface area contributed by atoms with Crippen LogP contribution in [0.5, 0.6) is 0 Å². The lowest BCUT2D eigenvalue weighted by Crippen LogP contribution is -2.27. The Hall–Kier alpha value is -5.02. The van der Waals surface area contributed by atoms with Gasteiger partial charge in [0.2, 0.25) is 0 Å². The Morgan fingerprint density at radius 1 is 0.463 bits per heavy atom. The number of fused-ring (bicyclic) bond motifs is 9. The molecule has 192 valence electrons. The third-order valence-electron chi connectivity index (χ3n) is 10.3. The van der Waals surface area contributed by atoms with Gasteiger partial charge in [0, 0.05) is 77.6 Å². The Balaban J connectivity index is 1.27. The SMILES string of the molecule is C1=Cc2c([nH]c3cc4c(cc23)C2c3cc5[nH]c6ccccc6c5cc3C4c3cc4c(cc32)[nH]c2ccccc24)CC1. The van der Waals surface area contributed by atoms with Gasteiger partial charge in [0.15, 0.2) is 0 Å². The summed E-state index contributed by atoms with van der Waals surface area (Å²) in [5, 5.41) is 6.62. The number of hydrogen-bond acceptors (Lipinski definition) is 0. The molecule has 0 aliphatic heterocycles. The van der Waals surface area contributed by atoms with Crippen LogP contribution in [0.1, 0.15) is 62.9 Å². The largest absolute Gasteiger partial charge is 0.358 e. The summed E-state index contributed by atoms with van der Waals surface area (Å²) in [6.07, 6.45) is 6.86. The zero-order valence-electron chi connectivity index (χ0n) is 22.3. The van der Waals surface area contributed by atoms with Gasteiger partial charge in [-0.2, -0.15) is 0 Å². The summed E-state index contributed by atoms with van der Waals surface area (Å²) >= 11 is 0. The molecule has 4 aliphatic rings. The Labute approximate surface area is 235 Å². The molecular weight excluding hydrogens is 498 g/mol. The predicted molar refractivity (Wildman–Crippen MR) is 169 cm³/mol. The highest BCUT2D eigenvalue weighted by Crippen LogP contribution is 2.58. The summed E-state index contributed by atoms with van der Waals surface area (Å²) in [5.41, 5.74) is 17.7. The van der Waals surface area contributed by atoms with E-state index in [9.17, 15) is 0 Å². The molecule has 0 radical (unpaired) electrons. The lowest BCUT2D eigenvalue weighted by molar-refractivity contribution is 0.760. The molecule has 5 aromatic carbocycles. The van der Waals surface area contributed by atoms with Gasteiger partial charge in [0.05, 0.1) is 0 Å². The van der Waals surface area contributed by atoms with E-state index in [4.69, 9.17) is 0 Å². The molecule has 12 rings (SSSR count). The first-order valence-electron chi connectivity index (χ1n) is 14.7. The number of rotatable bonds is 0. The fourth-order valence-electron chi connectivity index (χ4n) is 8.54. The van der Waals surface area contributed by atoms with Crippen molar-refractivity contribution in [3.8, 4) is 0 Å². The molecule has 3 aromatic heterocycles. The summed E-state index contributed by atoms with van der Waals surface area (Å²) in [6, 6.07) is 32.3. The molecule has 3 heterocycles. The molecule has 4 aliphatic carbocycles. The highest BCUT2D eigenvalue weighted by Gasteiger charge is 2.42. The minimum atomic E-state index is 0.203. The minimum absolute atomic E-state index is 0.203. The van der Waals surface area contributed by atoms with Crippen molar-refractivity contribution >= 4 is 60.6 Å². The summed E-state index contributed by atoms with van der Waals surface area (Å²) < 4.78 is 0. The highest BCUT2D eigenvalue weighted by molar-refractivity contribution is 6.10.